The lowest BCUT2D eigenvalue weighted by Crippen LogP contribution is -2.35. The fourth-order valence-corrected chi connectivity index (χ4v) is 4.69. The maximum atomic E-state index is 12.2. The van der Waals surface area contributed by atoms with Crippen LogP contribution in [-0.2, 0) is 17.1 Å². The molecule has 0 aromatic carbocycles. The van der Waals surface area contributed by atoms with Gasteiger partial charge in [-0.15, -0.1) is 0 Å². The molecule has 114 valence electrons. The zero-order valence-electron chi connectivity index (χ0n) is 12.0. The Balaban J connectivity index is 2.01. The van der Waals surface area contributed by atoms with Crippen LogP contribution in [0.2, 0.25) is 0 Å². The van der Waals surface area contributed by atoms with E-state index in [1.54, 1.807) is 24.7 Å². The highest BCUT2D eigenvalue weighted by Crippen LogP contribution is 2.31. The quantitative estimate of drug-likeness (QED) is 0.815. The molecule has 1 heterocycles. The van der Waals surface area contributed by atoms with Crippen LogP contribution in [0, 0.1) is 18.8 Å². The summed E-state index contributed by atoms with van der Waals surface area (Å²) in [6.45, 7) is 2.30. The van der Waals surface area contributed by atoms with Gasteiger partial charge in [-0.1, -0.05) is 28.8 Å². The van der Waals surface area contributed by atoms with Gasteiger partial charge in [0.15, 0.2) is 5.03 Å². The van der Waals surface area contributed by atoms with Gasteiger partial charge in [0, 0.05) is 25.1 Å². The summed E-state index contributed by atoms with van der Waals surface area (Å²) in [4.78, 5) is 4.09. The molecule has 1 N–H and O–H groups in total. The standard InChI is InChI=1S/C13H22BrN3O2S/c1-10-16-13(9-17(10)2)20(18,19)15-8-12-6-4-3-5-11(12)7-14/h9,11-12,15H,3-8H2,1-2H3. The van der Waals surface area contributed by atoms with Crippen LogP contribution in [0.5, 0.6) is 0 Å². The molecule has 7 heteroatoms. The first-order valence-electron chi connectivity index (χ1n) is 6.99. The van der Waals surface area contributed by atoms with E-state index >= 15 is 0 Å². The monoisotopic (exact) mass is 363 g/mol. The molecule has 0 bridgehead atoms. The summed E-state index contributed by atoms with van der Waals surface area (Å²) in [7, 11) is -1.70. The number of alkyl halides is 1. The van der Waals surface area contributed by atoms with E-state index in [0.717, 1.165) is 11.8 Å². The molecule has 1 aliphatic carbocycles. The van der Waals surface area contributed by atoms with Gasteiger partial charge in [0.2, 0.25) is 0 Å². The molecule has 1 saturated carbocycles. The van der Waals surface area contributed by atoms with E-state index in [4.69, 9.17) is 0 Å². The summed E-state index contributed by atoms with van der Waals surface area (Å²) in [5.41, 5.74) is 0. The first kappa shape index (κ1) is 16.0. The van der Waals surface area contributed by atoms with Crippen molar-refractivity contribution >= 4 is 26.0 Å². The fourth-order valence-electron chi connectivity index (χ4n) is 2.70. The van der Waals surface area contributed by atoms with Crippen molar-refractivity contribution < 1.29 is 8.42 Å². The average Bonchev–Trinajstić information content (AvgIpc) is 2.78. The van der Waals surface area contributed by atoms with Crippen molar-refractivity contribution in [1.82, 2.24) is 14.3 Å². The van der Waals surface area contributed by atoms with Crippen molar-refractivity contribution in [3.8, 4) is 0 Å². The smallest absolute Gasteiger partial charge is 0.259 e. The molecular formula is C13H22BrN3O2S. The lowest BCUT2D eigenvalue weighted by molar-refractivity contribution is 0.263. The zero-order chi connectivity index (χ0) is 14.8. The third kappa shape index (κ3) is 3.62. The Hall–Kier alpha value is -0.400. The Kier molecular flexibility index (Phi) is 5.25. The van der Waals surface area contributed by atoms with Crippen molar-refractivity contribution in [2.75, 3.05) is 11.9 Å². The molecule has 1 aliphatic rings. The maximum absolute atomic E-state index is 12.2. The molecule has 0 spiro atoms. The number of sulfonamides is 1. The normalized spacial score (nSPS) is 23.9. The molecule has 2 atom stereocenters. The lowest BCUT2D eigenvalue weighted by Gasteiger charge is -2.30. The van der Waals surface area contributed by atoms with Crippen LogP contribution in [-0.4, -0.2) is 29.8 Å². The number of imidazole rings is 1. The van der Waals surface area contributed by atoms with E-state index in [0.29, 0.717) is 24.2 Å². The summed E-state index contributed by atoms with van der Waals surface area (Å²) in [5, 5.41) is 1.06. The average molecular weight is 364 g/mol. The molecule has 1 fully saturated rings. The predicted octanol–water partition coefficient (Wildman–Crippen LogP) is 2.21. The first-order valence-corrected chi connectivity index (χ1v) is 9.60. The number of aryl methyl sites for hydroxylation is 2. The van der Waals surface area contributed by atoms with E-state index < -0.39 is 10.0 Å². The molecule has 5 nitrogen and oxygen atoms in total. The summed E-state index contributed by atoms with van der Waals surface area (Å²) < 4.78 is 28.9. The number of hydrogen-bond donors (Lipinski definition) is 1. The van der Waals surface area contributed by atoms with Gasteiger partial charge >= 0.3 is 0 Å². The molecule has 20 heavy (non-hydrogen) atoms. The Morgan fingerprint density at radius 1 is 1.40 bits per heavy atom. The van der Waals surface area contributed by atoms with Crippen molar-refractivity contribution in [1.29, 1.82) is 0 Å². The molecular weight excluding hydrogens is 342 g/mol. The molecule has 1 aromatic rings. The number of aromatic nitrogens is 2. The van der Waals surface area contributed by atoms with Gasteiger partial charge in [0.05, 0.1) is 0 Å². The zero-order valence-corrected chi connectivity index (χ0v) is 14.4. The second-order valence-electron chi connectivity index (χ2n) is 5.55. The van der Waals surface area contributed by atoms with Crippen molar-refractivity contribution in [2.24, 2.45) is 18.9 Å². The maximum Gasteiger partial charge on any atom is 0.259 e. The molecule has 0 saturated heterocycles. The highest BCUT2D eigenvalue weighted by molar-refractivity contribution is 9.09. The fraction of sp³-hybridized carbons (Fsp3) is 0.769. The van der Waals surface area contributed by atoms with Gasteiger partial charge < -0.3 is 4.57 Å². The van der Waals surface area contributed by atoms with Gasteiger partial charge in [-0.05, 0) is 31.6 Å². The minimum Gasteiger partial charge on any atom is -0.337 e. The molecule has 1 aromatic heterocycles. The minimum absolute atomic E-state index is 0.115. The Bertz CT molecular complexity index is 536. The number of nitrogens with one attached hydrogen (secondary N) is 1. The van der Waals surface area contributed by atoms with Crippen molar-refractivity contribution in [3.05, 3.63) is 12.0 Å². The molecule has 2 unspecified atom stereocenters. The van der Waals surface area contributed by atoms with Crippen LogP contribution >= 0.6 is 15.9 Å². The van der Waals surface area contributed by atoms with Crippen molar-refractivity contribution in [2.45, 2.75) is 37.6 Å². The van der Waals surface area contributed by atoms with Crippen molar-refractivity contribution in [3.63, 3.8) is 0 Å². The van der Waals surface area contributed by atoms with E-state index in [1.807, 2.05) is 0 Å². The second-order valence-corrected chi connectivity index (χ2v) is 7.91. The third-order valence-electron chi connectivity index (χ3n) is 4.16. The lowest BCUT2D eigenvalue weighted by atomic mass is 9.80. The van der Waals surface area contributed by atoms with Crippen LogP contribution in [0.4, 0.5) is 0 Å². The van der Waals surface area contributed by atoms with Gasteiger partial charge in [0.1, 0.15) is 5.82 Å². The molecule has 0 radical (unpaired) electrons. The number of nitrogens with zero attached hydrogens (tertiary/aromatic N) is 2. The highest BCUT2D eigenvalue weighted by atomic mass is 79.9. The van der Waals surface area contributed by atoms with Gasteiger partial charge in [-0.25, -0.2) is 18.1 Å². The van der Waals surface area contributed by atoms with E-state index in [-0.39, 0.29) is 5.03 Å². The Morgan fingerprint density at radius 2 is 2.05 bits per heavy atom. The molecule has 0 aliphatic heterocycles. The van der Waals surface area contributed by atoms with Gasteiger partial charge in [-0.2, -0.15) is 0 Å². The first-order chi connectivity index (χ1) is 9.44. The van der Waals surface area contributed by atoms with Gasteiger partial charge in [0.25, 0.3) is 10.0 Å². The third-order valence-corrected chi connectivity index (χ3v) is 6.29. The van der Waals surface area contributed by atoms with Crippen LogP contribution in [0.25, 0.3) is 0 Å². The van der Waals surface area contributed by atoms with E-state index in [1.165, 1.54) is 19.3 Å². The summed E-state index contributed by atoms with van der Waals surface area (Å²) in [6, 6.07) is 0. The Labute approximate surface area is 129 Å². The van der Waals surface area contributed by atoms with Gasteiger partial charge in [-0.3, -0.25) is 0 Å². The second kappa shape index (κ2) is 6.58. The van der Waals surface area contributed by atoms with Crippen LogP contribution in [0.15, 0.2) is 11.2 Å². The summed E-state index contributed by atoms with van der Waals surface area (Å²) >= 11 is 3.54. The predicted molar refractivity (Wildman–Crippen MR) is 82.4 cm³/mol. The van der Waals surface area contributed by atoms with Crippen LogP contribution in [0.3, 0.4) is 0 Å². The topological polar surface area (TPSA) is 64.0 Å². The highest BCUT2D eigenvalue weighted by Gasteiger charge is 2.26. The SMILES string of the molecule is Cc1nc(S(=O)(=O)NCC2CCCCC2CBr)cn1C. The number of rotatable bonds is 5. The molecule has 2 rings (SSSR count). The van der Waals surface area contributed by atoms with Crippen LogP contribution in [0.1, 0.15) is 31.5 Å². The van der Waals surface area contributed by atoms with E-state index in [2.05, 4.69) is 25.6 Å². The largest absolute Gasteiger partial charge is 0.337 e. The summed E-state index contributed by atoms with van der Waals surface area (Å²) in [6.07, 6.45) is 6.28. The minimum atomic E-state index is -3.49. The van der Waals surface area contributed by atoms with E-state index in [9.17, 15) is 8.42 Å². The Morgan fingerprint density at radius 3 is 2.60 bits per heavy atom. The van der Waals surface area contributed by atoms with Crippen LogP contribution < -0.4 is 4.72 Å². The summed E-state index contributed by atoms with van der Waals surface area (Å²) in [5.74, 6) is 1.68. The molecule has 0 amide bonds. The number of hydrogen-bond acceptors (Lipinski definition) is 3. The number of halogens is 1.